The number of ether oxygens (including phenoxy) is 1. The molecule has 0 N–H and O–H groups in total. The van der Waals surface area contributed by atoms with Crippen molar-refractivity contribution >= 4 is 0 Å². The third-order valence-electron chi connectivity index (χ3n) is 2.55. The van der Waals surface area contributed by atoms with Gasteiger partial charge in [0.25, 0.3) is 0 Å². The maximum absolute atomic E-state index is 8.56. The van der Waals surface area contributed by atoms with Crippen LogP contribution in [-0.2, 0) is 6.42 Å². The molecule has 92 valence electrons. The Hall–Kier alpha value is -1.53. The summed E-state index contributed by atoms with van der Waals surface area (Å²) in [5, 5.41) is 8.56. The minimum Gasteiger partial charge on any atom is -0.492 e. The molecule has 0 aliphatic heterocycles. The van der Waals surface area contributed by atoms with Crippen LogP contribution < -0.4 is 4.74 Å². The first kappa shape index (κ1) is 13.5. The maximum atomic E-state index is 8.56. The molecule has 17 heavy (non-hydrogen) atoms. The maximum Gasteiger partial charge on any atom is 0.119 e. The highest BCUT2D eigenvalue weighted by atomic mass is 16.5. The minimum absolute atomic E-state index is 0.458. The van der Waals surface area contributed by atoms with Crippen molar-refractivity contribution in [3.8, 4) is 11.8 Å². The second-order valence-electron chi connectivity index (χ2n) is 4.13. The quantitative estimate of drug-likeness (QED) is 0.724. The van der Waals surface area contributed by atoms with Crippen molar-refractivity contribution in [1.82, 2.24) is 4.90 Å². The number of hydrogen-bond donors (Lipinski definition) is 0. The Labute approximate surface area is 104 Å². The SMILES string of the molecule is CCCN(C)CCOc1ccc(CC#N)cc1. The molecule has 0 bridgehead atoms. The van der Waals surface area contributed by atoms with E-state index in [0.29, 0.717) is 13.0 Å². The summed E-state index contributed by atoms with van der Waals surface area (Å²) in [6, 6.07) is 9.85. The van der Waals surface area contributed by atoms with Crippen LogP contribution in [0.4, 0.5) is 0 Å². The van der Waals surface area contributed by atoms with Gasteiger partial charge in [-0.3, -0.25) is 0 Å². The van der Waals surface area contributed by atoms with Crippen molar-refractivity contribution in [3.05, 3.63) is 29.8 Å². The molecular formula is C14H20N2O. The van der Waals surface area contributed by atoms with Crippen molar-refractivity contribution in [2.75, 3.05) is 26.7 Å². The summed E-state index contributed by atoms with van der Waals surface area (Å²) in [6.07, 6.45) is 1.62. The number of benzene rings is 1. The molecule has 3 nitrogen and oxygen atoms in total. The van der Waals surface area contributed by atoms with Gasteiger partial charge in [0.05, 0.1) is 12.5 Å². The van der Waals surface area contributed by atoms with Gasteiger partial charge in [-0.2, -0.15) is 5.26 Å². The third kappa shape index (κ3) is 5.37. The van der Waals surface area contributed by atoms with Crippen LogP contribution >= 0.6 is 0 Å². The lowest BCUT2D eigenvalue weighted by atomic mass is 10.2. The second-order valence-corrected chi connectivity index (χ2v) is 4.13. The van der Waals surface area contributed by atoms with Crippen LogP contribution in [0.2, 0.25) is 0 Å². The molecule has 0 saturated carbocycles. The van der Waals surface area contributed by atoms with Crippen molar-refractivity contribution in [1.29, 1.82) is 5.26 Å². The topological polar surface area (TPSA) is 36.3 Å². The summed E-state index contributed by atoms with van der Waals surface area (Å²) in [5.74, 6) is 0.872. The van der Waals surface area contributed by atoms with Crippen LogP contribution in [-0.4, -0.2) is 31.6 Å². The van der Waals surface area contributed by atoms with Crippen LogP contribution in [0.5, 0.6) is 5.75 Å². The summed E-state index contributed by atoms with van der Waals surface area (Å²) < 4.78 is 5.63. The summed E-state index contributed by atoms with van der Waals surface area (Å²) in [5.41, 5.74) is 1.03. The minimum atomic E-state index is 0.458. The largest absolute Gasteiger partial charge is 0.492 e. The monoisotopic (exact) mass is 232 g/mol. The standard InChI is InChI=1S/C14H20N2O/c1-3-10-16(2)11-12-17-14-6-4-13(5-7-14)8-9-15/h4-7H,3,8,10-12H2,1-2H3. The third-order valence-corrected chi connectivity index (χ3v) is 2.55. The Morgan fingerprint density at radius 3 is 2.53 bits per heavy atom. The second kappa shape index (κ2) is 7.70. The predicted molar refractivity (Wildman–Crippen MR) is 69.0 cm³/mol. The first-order chi connectivity index (χ1) is 8.26. The average molecular weight is 232 g/mol. The van der Waals surface area contributed by atoms with Crippen LogP contribution in [0, 0.1) is 11.3 Å². The van der Waals surface area contributed by atoms with E-state index in [9.17, 15) is 0 Å². The fraction of sp³-hybridized carbons (Fsp3) is 0.500. The summed E-state index contributed by atoms with van der Waals surface area (Å²) in [6.45, 7) is 4.91. The normalized spacial score (nSPS) is 10.2. The Morgan fingerprint density at radius 1 is 1.24 bits per heavy atom. The van der Waals surface area contributed by atoms with Gasteiger partial charge in [0.15, 0.2) is 0 Å². The van der Waals surface area contributed by atoms with Crippen LogP contribution in [0.3, 0.4) is 0 Å². The zero-order chi connectivity index (χ0) is 12.5. The van der Waals surface area contributed by atoms with Crippen molar-refractivity contribution in [3.63, 3.8) is 0 Å². The van der Waals surface area contributed by atoms with Gasteiger partial charge in [-0.25, -0.2) is 0 Å². The van der Waals surface area contributed by atoms with E-state index in [2.05, 4.69) is 24.9 Å². The van der Waals surface area contributed by atoms with Crippen LogP contribution in [0.25, 0.3) is 0 Å². The van der Waals surface area contributed by atoms with E-state index >= 15 is 0 Å². The number of rotatable bonds is 7. The lowest BCUT2D eigenvalue weighted by molar-refractivity contribution is 0.237. The highest BCUT2D eigenvalue weighted by Gasteiger charge is 1.98. The van der Waals surface area contributed by atoms with Gasteiger partial charge < -0.3 is 9.64 Å². The van der Waals surface area contributed by atoms with Gasteiger partial charge in [-0.05, 0) is 37.7 Å². The molecule has 0 radical (unpaired) electrons. The highest BCUT2D eigenvalue weighted by molar-refractivity contribution is 5.28. The zero-order valence-electron chi connectivity index (χ0n) is 10.6. The average Bonchev–Trinajstić information content (AvgIpc) is 2.32. The molecule has 1 aromatic carbocycles. The summed E-state index contributed by atoms with van der Waals surface area (Å²) in [4.78, 5) is 2.25. The smallest absolute Gasteiger partial charge is 0.119 e. The molecule has 1 aromatic rings. The molecule has 0 saturated heterocycles. The van der Waals surface area contributed by atoms with Crippen molar-refractivity contribution in [2.24, 2.45) is 0 Å². The van der Waals surface area contributed by atoms with E-state index in [1.54, 1.807) is 0 Å². The Kier molecular flexibility index (Phi) is 6.13. The lowest BCUT2D eigenvalue weighted by Crippen LogP contribution is -2.24. The van der Waals surface area contributed by atoms with E-state index in [1.807, 2.05) is 24.3 Å². The highest BCUT2D eigenvalue weighted by Crippen LogP contribution is 2.12. The summed E-state index contributed by atoms with van der Waals surface area (Å²) >= 11 is 0. The summed E-state index contributed by atoms with van der Waals surface area (Å²) in [7, 11) is 2.10. The molecular weight excluding hydrogens is 212 g/mol. The molecule has 0 heterocycles. The molecule has 1 rings (SSSR count). The van der Waals surface area contributed by atoms with Gasteiger partial charge in [0, 0.05) is 6.54 Å². The van der Waals surface area contributed by atoms with Crippen molar-refractivity contribution < 1.29 is 4.74 Å². The van der Waals surface area contributed by atoms with E-state index in [0.717, 1.165) is 24.4 Å². The predicted octanol–water partition coefficient (Wildman–Crippen LogP) is 2.47. The van der Waals surface area contributed by atoms with Crippen molar-refractivity contribution in [2.45, 2.75) is 19.8 Å². The number of nitriles is 1. The van der Waals surface area contributed by atoms with Gasteiger partial charge >= 0.3 is 0 Å². The van der Waals surface area contributed by atoms with E-state index in [1.165, 1.54) is 6.42 Å². The molecule has 0 amide bonds. The Balaban J connectivity index is 2.30. The first-order valence-electron chi connectivity index (χ1n) is 6.03. The molecule has 0 fully saturated rings. The van der Waals surface area contributed by atoms with E-state index in [-0.39, 0.29) is 0 Å². The van der Waals surface area contributed by atoms with E-state index in [4.69, 9.17) is 10.00 Å². The molecule has 0 atom stereocenters. The molecule has 0 unspecified atom stereocenters. The Morgan fingerprint density at radius 2 is 1.94 bits per heavy atom. The molecule has 0 aliphatic carbocycles. The fourth-order valence-electron chi connectivity index (χ4n) is 1.61. The number of nitrogens with zero attached hydrogens (tertiary/aromatic N) is 2. The molecule has 3 heteroatoms. The molecule has 0 spiro atoms. The number of hydrogen-bond acceptors (Lipinski definition) is 3. The lowest BCUT2D eigenvalue weighted by Gasteiger charge is -2.15. The van der Waals surface area contributed by atoms with Gasteiger partial charge in [-0.15, -0.1) is 0 Å². The molecule has 0 aromatic heterocycles. The zero-order valence-corrected chi connectivity index (χ0v) is 10.6. The number of likely N-dealkylation sites (N-methyl/N-ethyl adjacent to an activating group) is 1. The van der Waals surface area contributed by atoms with Gasteiger partial charge in [-0.1, -0.05) is 19.1 Å². The molecule has 0 aliphatic rings. The Bertz CT molecular complexity index is 353. The van der Waals surface area contributed by atoms with Crippen LogP contribution in [0.1, 0.15) is 18.9 Å². The fourth-order valence-corrected chi connectivity index (χ4v) is 1.61. The first-order valence-corrected chi connectivity index (χ1v) is 6.03. The van der Waals surface area contributed by atoms with Crippen LogP contribution in [0.15, 0.2) is 24.3 Å². The van der Waals surface area contributed by atoms with E-state index < -0.39 is 0 Å². The van der Waals surface area contributed by atoms with Gasteiger partial charge in [0.1, 0.15) is 12.4 Å². The van der Waals surface area contributed by atoms with Gasteiger partial charge in [0.2, 0.25) is 0 Å².